The number of hydrogen-bond acceptors (Lipinski definition) is 5. The Kier molecular flexibility index (Phi) is 4.86. The summed E-state index contributed by atoms with van der Waals surface area (Å²) in [6, 6.07) is 13.6. The summed E-state index contributed by atoms with van der Waals surface area (Å²) in [5.74, 6) is -0.581. The van der Waals surface area contributed by atoms with Crippen LogP contribution < -0.4 is 16.2 Å². The van der Waals surface area contributed by atoms with E-state index in [1.807, 2.05) is 18.2 Å². The van der Waals surface area contributed by atoms with Gasteiger partial charge < -0.3 is 10.6 Å². The minimum Gasteiger partial charge on any atom is -0.377 e. The van der Waals surface area contributed by atoms with Gasteiger partial charge in [0.1, 0.15) is 11.4 Å². The second-order valence-electron chi connectivity index (χ2n) is 7.30. The average molecular weight is 407 g/mol. The van der Waals surface area contributed by atoms with E-state index >= 15 is 0 Å². The maximum Gasteiger partial charge on any atom is 0.295 e. The summed E-state index contributed by atoms with van der Waals surface area (Å²) in [5.41, 5.74) is 1.32. The molecule has 2 aromatic carbocycles. The Morgan fingerprint density at radius 1 is 1.17 bits per heavy atom. The van der Waals surface area contributed by atoms with E-state index in [2.05, 4.69) is 10.6 Å². The van der Waals surface area contributed by atoms with E-state index in [0.29, 0.717) is 17.1 Å². The summed E-state index contributed by atoms with van der Waals surface area (Å²) in [6.45, 7) is 1.72. The molecule has 30 heavy (non-hydrogen) atoms. The number of amides is 1. The molecule has 1 aromatic heterocycles. The van der Waals surface area contributed by atoms with Crippen molar-refractivity contribution in [2.24, 2.45) is 7.05 Å². The normalized spacial score (nSPS) is 13.1. The van der Waals surface area contributed by atoms with Gasteiger partial charge in [-0.1, -0.05) is 18.2 Å². The van der Waals surface area contributed by atoms with Gasteiger partial charge in [0, 0.05) is 24.7 Å². The lowest BCUT2D eigenvalue weighted by Crippen LogP contribution is -2.23. The van der Waals surface area contributed by atoms with E-state index in [0.717, 1.165) is 12.8 Å². The van der Waals surface area contributed by atoms with Crippen molar-refractivity contribution in [3.05, 3.63) is 80.3 Å². The SMILES string of the molecule is Cc1c(NC(=O)c2ccc(NC3CC3)c([N+](=O)[O-])c2)c(=O)n(-c2ccccc2)n1C. The molecule has 2 N–H and O–H groups in total. The molecule has 3 aromatic rings. The number of nitrogens with zero attached hydrogens (tertiary/aromatic N) is 3. The molecule has 1 saturated carbocycles. The quantitative estimate of drug-likeness (QED) is 0.481. The maximum absolute atomic E-state index is 12.9. The number of carbonyl (C=O) groups is 1. The fourth-order valence-electron chi connectivity index (χ4n) is 3.29. The van der Waals surface area contributed by atoms with Crippen molar-refractivity contribution < 1.29 is 9.72 Å². The molecule has 0 saturated heterocycles. The summed E-state index contributed by atoms with van der Waals surface area (Å²) < 4.78 is 3.11. The van der Waals surface area contributed by atoms with Crippen molar-refractivity contribution in [3.8, 4) is 5.69 Å². The average Bonchev–Trinajstić information content (AvgIpc) is 3.52. The number of anilines is 2. The van der Waals surface area contributed by atoms with Crippen LogP contribution in [0, 0.1) is 17.0 Å². The molecule has 1 aliphatic rings. The lowest BCUT2D eigenvalue weighted by molar-refractivity contribution is -0.384. The lowest BCUT2D eigenvalue weighted by Gasteiger charge is -2.08. The van der Waals surface area contributed by atoms with Crippen LogP contribution in [0.15, 0.2) is 53.3 Å². The van der Waals surface area contributed by atoms with E-state index in [4.69, 9.17) is 0 Å². The number of rotatable bonds is 6. The van der Waals surface area contributed by atoms with Gasteiger partial charge in [-0.15, -0.1) is 0 Å². The van der Waals surface area contributed by atoms with Gasteiger partial charge in [0.15, 0.2) is 0 Å². The number of nitro groups is 1. The van der Waals surface area contributed by atoms with Crippen molar-refractivity contribution in [3.63, 3.8) is 0 Å². The van der Waals surface area contributed by atoms with Crippen LogP contribution in [0.1, 0.15) is 28.9 Å². The fourth-order valence-corrected chi connectivity index (χ4v) is 3.29. The fraction of sp³-hybridized carbons (Fsp3) is 0.238. The Balaban J connectivity index is 1.65. The number of aromatic nitrogens is 2. The zero-order valence-electron chi connectivity index (χ0n) is 16.6. The highest BCUT2D eigenvalue weighted by Gasteiger charge is 2.26. The van der Waals surface area contributed by atoms with Gasteiger partial charge in [-0.3, -0.25) is 24.4 Å². The van der Waals surface area contributed by atoms with Crippen molar-refractivity contribution in [2.75, 3.05) is 10.6 Å². The molecule has 1 aliphatic carbocycles. The first-order valence-corrected chi connectivity index (χ1v) is 9.57. The van der Waals surface area contributed by atoms with Gasteiger partial charge in [-0.05, 0) is 44.0 Å². The number of nitro benzene ring substituents is 1. The van der Waals surface area contributed by atoms with E-state index < -0.39 is 10.8 Å². The van der Waals surface area contributed by atoms with Crippen LogP contribution in [0.4, 0.5) is 17.1 Å². The monoisotopic (exact) mass is 407 g/mol. The van der Waals surface area contributed by atoms with E-state index in [1.165, 1.54) is 22.9 Å². The summed E-state index contributed by atoms with van der Waals surface area (Å²) in [7, 11) is 1.72. The molecule has 154 valence electrons. The second kappa shape index (κ2) is 7.51. The Morgan fingerprint density at radius 3 is 2.50 bits per heavy atom. The van der Waals surface area contributed by atoms with Crippen molar-refractivity contribution in [1.29, 1.82) is 0 Å². The van der Waals surface area contributed by atoms with Gasteiger partial charge in [-0.25, -0.2) is 4.68 Å². The Morgan fingerprint density at radius 2 is 1.87 bits per heavy atom. The van der Waals surface area contributed by atoms with Crippen LogP contribution in [0.5, 0.6) is 0 Å². The third-order valence-corrected chi connectivity index (χ3v) is 5.19. The van der Waals surface area contributed by atoms with Crippen LogP contribution in [0.3, 0.4) is 0 Å². The Bertz CT molecular complexity index is 1190. The van der Waals surface area contributed by atoms with E-state index in [9.17, 15) is 19.7 Å². The number of carbonyl (C=O) groups excluding carboxylic acids is 1. The second-order valence-corrected chi connectivity index (χ2v) is 7.30. The standard InChI is InChI=1S/C21H21N5O4/c1-13-19(21(28)25(24(13)2)16-6-4-3-5-7-16)23-20(27)14-8-11-17(22-15-9-10-15)18(12-14)26(29)30/h3-8,11-12,15,22H,9-10H2,1-2H3,(H,23,27). The minimum atomic E-state index is -0.581. The van der Waals surface area contributed by atoms with Gasteiger partial charge in [-0.2, -0.15) is 0 Å². The van der Waals surface area contributed by atoms with E-state index in [-0.39, 0.29) is 28.5 Å². The summed E-state index contributed by atoms with van der Waals surface area (Å²) in [4.78, 5) is 36.7. The zero-order valence-corrected chi connectivity index (χ0v) is 16.6. The highest BCUT2D eigenvalue weighted by molar-refractivity contribution is 6.05. The molecule has 0 radical (unpaired) electrons. The number of nitrogens with one attached hydrogen (secondary N) is 2. The summed E-state index contributed by atoms with van der Waals surface area (Å²) >= 11 is 0. The van der Waals surface area contributed by atoms with E-state index in [1.54, 1.807) is 30.8 Å². The van der Waals surface area contributed by atoms with Crippen molar-refractivity contribution >= 4 is 23.0 Å². The molecular weight excluding hydrogens is 386 g/mol. The highest BCUT2D eigenvalue weighted by atomic mass is 16.6. The predicted octanol–water partition coefficient (Wildman–Crippen LogP) is 3.22. The number of hydrogen-bond donors (Lipinski definition) is 2. The Labute approximate surface area is 172 Å². The molecule has 1 heterocycles. The van der Waals surface area contributed by atoms with Gasteiger partial charge in [0.2, 0.25) is 0 Å². The molecule has 0 spiro atoms. The first kappa shape index (κ1) is 19.4. The largest absolute Gasteiger partial charge is 0.377 e. The first-order valence-electron chi connectivity index (χ1n) is 9.57. The molecule has 0 aliphatic heterocycles. The molecule has 9 nitrogen and oxygen atoms in total. The molecule has 1 amide bonds. The van der Waals surface area contributed by atoms with Crippen LogP contribution in [0.2, 0.25) is 0 Å². The first-order chi connectivity index (χ1) is 14.4. The molecule has 0 bridgehead atoms. The topological polar surface area (TPSA) is 111 Å². The molecule has 0 atom stereocenters. The zero-order chi connectivity index (χ0) is 21.4. The van der Waals surface area contributed by atoms with Crippen molar-refractivity contribution in [1.82, 2.24) is 9.36 Å². The molecule has 1 fully saturated rings. The van der Waals surface area contributed by atoms with Crippen LogP contribution in [-0.2, 0) is 7.05 Å². The molecule has 0 unspecified atom stereocenters. The predicted molar refractivity (Wildman–Crippen MR) is 113 cm³/mol. The van der Waals surface area contributed by atoms with Crippen LogP contribution in [0.25, 0.3) is 5.69 Å². The van der Waals surface area contributed by atoms with Gasteiger partial charge in [0.05, 0.1) is 16.3 Å². The summed E-state index contributed by atoms with van der Waals surface area (Å²) in [6.07, 6.45) is 1.95. The smallest absolute Gasteiger partial charge is 0.295 e. The van der Waals surface area contributed by atoms with Gasteiger partial charge in [0.25, 0.3) is 17.2 Å². The maximum atomic E-state index is 12.9. The molecular formula is C21H21N5O4. The van der Waals surface area contributed by atoms with Crippen LogP contribution >= 0.6 is 0 Å². The number of para-hydroxylation sites is 1. The van der Waals surface area contributed by atoms with Crippen molar-refractivity contribution in [2.45, 2.75) is 25.8 Å². The highest BCUT2D eigenvalue weighted by Crippen LogP contribution is 2.31. The number of benzene rings is 2. The minimum absolute atomic E-state index is 0.108. The Hall–Kier alpha value is -3.88. The third kappa shape index (κ3) is 3.57. The van der Waals surface area contributed by atoms with Crippen LogP contribution in [-0.4, -0.2) is 26.2 Å². The summed E-state index contributed by atoms with van der Waals surface area (Å²) in [5, 5.41) is 17.2. The lowest BCUT2D eigenvalue weighted by atomic mass is 10.1. The van der Waals surface area contributed by atoms with Gasteiger partial charge >= 0.3 is 0 Å². The molecule has 9 heteroatoms. The third-order valence-electron chi connectivity index (χ3n) is 5.19. The molecule has 4 rings (SSSR count).